The zero-order chi connectivity index (χ0) is 16.6. The summed E-state index contributed by atoms with van der Waals surface area (Å²) in [5, 5.41) is 8.44. The Morgan fingerprint density at radius 2 is 1.83 bits per heavy atom. The lowest BCUT2D eigenvalue weighted by atomic mass is 10.1. The van der Waals surface area contributed by atoms with E-state index >= 15 is 0 Å². The molecule has 2 aromatic carbocycles. The summed E-state index contributed by atoms with van der Waals surface area (Å²) in [6.07, 6.45) is 0. The third-order valence-corrected chi connectivity index (χ3v) is 3.91. The summed E-state index contributed by atoms with van der Waals surface area (Å²) in [5.41, 5.74) is 0.251. The minimum atomic E-state index is -0.471. The molecule has 0 aliphatic carbocycles. The van der Waals surface area contributed by atoms with E-state index in [1.165, 1.54) is 7.05 Å². The van der Waals surface area contributed by atoms with Crippen molar-refractivity contribution >= 4 is 45.6 Å². The monoisotopic (exact) mass is 347 g/mol. The smallest absolute Gasteiger partial charge is 0.276 e. The van der Waals surface area contributed by atoms with E-state index in [4.69, 9.17) is 23.2 Å². The van der Waals surface area contributed by atoms with Crippen LogP contribution in [0.15, 0.2) is 47.3 Å². The van der Waals surface area contributed by atoms with E-state index in [9.17, 15) is 9.59 Å². The SMILES string of the molecule is Cn1nc(C(=O)Nc2cc(Cl)ccc2Cl)c2ccccc2c1=O. The standard InChI is InChI=1S/C16H11Cl2N3O2/c1-21-16(23)11-5-3-2-4-10(11)14(20-21)15(22)19-13-8-9(17)6-7-12(13)18/h2-8H,1H3,(H,19,22). The van der Waals surface area contributed by atoms with Gasteiger partial charge in [-0.1, -0.05) is 41.4 Å². The molecule has 1 N–H and O–H groups in total. The number of anilines is 1. The van der Waals surface area contributed by atoms with Gasteiger partial charge < -0.3 is 5.32 Å². The van der Waals surface area contributed by atoms with Crippen LogP contribution < -0.4 is 10.9 Å². The molecule has 0 aliphatic rings. The van der Waals surface area contributed by atoms with Gasteiger partial charge in [0.15, 0.2) is 5.69 Å². The Bertz CT molecular complexity index is 983. The van der Waals surface area contributed by atoms with E-state index in [2.05, 4.69) is 10.4 Å². The molecule has 0 fully saturated rings. The molecule has 0 saturated carbocycles. The number of hydrogen-bond donors (Lipinski definition) is 1. The van der Waals surface area contributed by atoms with Crippen molar-refractivity contribution in [3.63, 3.8) is 0 Å². The molecule has 0 atom stereocenters. The summed E-state index contributed by atoms with van der Waals surface area (Å²) in [6.45, 7) is 0. The van der Waals surface area contributed by atoms with Gasteiger partial charge in [0.2, 0.25) is 0 Å². The molecule has 116 valence electrons. The quantitative estimate of drug-likeness (QED) is 0.771. The average Bonchev–Trinajstić information content (AvgIpc) is 2.54. The fraction of sp³-hybridized carbons (Fsp3) is 0.0625. The van der Waals surface area contributed by atoms with E-state index in [1.54, 1.807) is 42.5 Å². The highest BCUT2D eigenvalue weighted by Crippen LogP contribution is 2.26. The highest BCUT2D eigenvalue weighted by Gasteiger charge is 2.16. The molecular weight excluding hydrogens is 337 g/mol. The summed E-state index contributed by atoms with van der Waals surface area (Å²) in [6, 6.07) is 11.6. The summed E-state index contributed by atoms with van der Waals surface area (Å²) in [7, 11) is 1.50. The predicted molar refractivity (Wildman–Crippen MR) is 91.4 cm³/mol. The maximum Gasteiger partial charge on any atom is 0.276 e. The highest BCUT2D eigenvalue weighted by atomic mass is 35.5. The Balaban J connectivity index is 2.10. The molecule has 1 heterocycles. The van der Waals surface area contributed by atoms with Crippen LogP contribution in [0.25, 0.3) is 10.8 Å². The maximum atomic E-state index is 12.6. The van der Waals surface area contributed by atoms with E-state index in [0.717, 1.165) is 4.68 Å². The Labute approximate surface area is 141 Å². The second kappa shape index (κ2) is 6.02. The van der Waals surface area contributed by atoms with Crippen LogP contribution in [0.4, 0.5) is 5.69 Å². The van der Waals surface area contributed by atoms with E-state index in [0.29, 0.717) is 26.5 Å². The number of carbonyl (C=O) groups is 1. The third-order valence-electron chi connectivity index (χ3n) is 3.35. The molecule has 1 amide bonds. The van der Waals surface area contributed by atoms with Crippen molar-refractivity contribution in [2.45, 2.75) is 0 Å². The van der Waals surface area contributed by atoms with Gasteiger partial charge >= 0.3 is 0 Å². The maximum absolute atomic E-state index is 12.6. The van der Waals surface area contributed by atoms with Crippen LogP contribution in [0.1, 0.15) is 10.5 Å². The van der Waals surface area contributed by atoms with Crippen molar-refractivity contribution in [2.24, 2.45) is 7.05 Å². The summed E-state index contributed by atoms with van der Waals surface area (Å²) >= 11 is 12.0. The number of benzene rings is 2. The topological polar surface area (TPSA) is 64.0 Å². The molecule has 0 bridgehead atoms. The van der Waals surface area contributed by atoms with E-state index in [1.807, 2.05) is 0 Å². The van der Waals surface area contributed by atoms with Gasteiger partial charge in [-0.3, -0.25) is 9.59 Å². The molecule has 23 heavy (non-hydrogen) atoms. The number of aryl methyl sites for hydroxylation is 1. The molecule has 5 nitrogen and oxygen atoms in total. The first kappa shape index (κ1) is 15.5. The van der Waals surface area contributed by atoms with Crippen molar-refractivity contribution < 1.29 is 4.79 Å². The first-order valence-corrected chi connectivity index (χ1v) is 7.45. The molecule has 0 saturated heterocycles. The third kappa shape index (κ3) is 2.93. The predicted octanol–water partition coefficient (Wildman–Crippen LogP) is 3.49. The van der Waals surface area contributed by atoms with Crippen molar-refractivity contribution in [3.8, 4) is 0 Å². The fourth-order valence-corrected chi connectivity index (χ4v) is 2.58. The zero-order valence-corrected chi connectivity index (χ0v) is 13.5. The summed E-state index contributed by atoms with van der Waals surface area (Å²) < 4.78 is 1.14. The Morgan fingerprint density at radius 1 is 1.13 bits per heavy atom. The van der Waals surface area contributed by atoms with Gasteiger partial charge in [-0.25, -0.2) is 4.68 Å². The van der Waals surface area contributed by atoms with Crippen molar-refractivity contribution in [3.05, 3.63) is 68.6 Å². The van der Waals surface area contributed by atoms with Crippen LogP contribution in [0.2, 0.25) is 10.0 Å². The molecule has 0 radical (unpaired) electrons. The number of nitrogens with zero attached hydrogens (tertiary/aromatic N) is 2. The molecule has 0 aliphatic heterocycles. The number of carbonyl (C=O) groups excluding carboxylic acids is 1. The number of amides is 1. The number of aromatic nitrogens is 2. The highest BCUT2D eigenvalue weighted by molar-refractivity contribution is 6.36. The van der Waals surface area contributed by atoms with Crippen LogP contribution in [-0.2, 0) is 7.05 Å². The van der Waals surface area contributed by atoms with Crippen LogP contribution in [0.3, 0.4) is 0 Å². The number of rotatable bonds is 2. The van der Waals surface area contributed by atoms with Gasteiger partial charge in [-0.2, -0.15) is 5.10 Å². The van der Waals surface area contributed by atoms with Gasteiger partial charge in [0.25, 0.3) is 11.5 Å². The van der Waals surface area contributed by atoms with E-state index in [-0.39, 0.29) is 11.3 Å². The van der Waals surface area contributed by atoms with Crippen LogP contribution in [0, 0.1) is 0 Å². The van der Waals surface area contributed by atoms with Gasteiger partial charge in [-0.05, 0) is 24.3 Å². The zero-order valence-electron chi connectivity index (χ0n) is 12.0. The second-order valence-corrected chi connectivity index (χ2v) is 5.74. The molecular formula is C16H11Cl2N3O2. The largest absolute Gasteiger partial charge is 0.319 e. The summed E-state index contributed by atoms with van der Waals surface area (Å²) in [4.78, 5) is 24.7. The first-order valence-electron chi connectivity index (χ1n) is 6.70. The lowest BCUT2D eigenvalue weighted by molar-refractivity contribution is 0.102. The van der Waals surface area contributed by atoms with Crippen LogP contribution in [-0.4, -0.2) is 15.7 Å². The Kier molecular flexibility index (Phi) is 4.07. The Hall–Kier alpha value is -2.37. The minimum absolute atomic E-state index is 0.138. The Morgan fingerprint density at radius 3 is 2.57 bits per heavy atom. The van der Waals surface area contributed by atoms with E-state index < -0.39 is 5.91 Å². The normalized spacial score (nSPS) is 10.7. The van der Waals surface area contributed by atoms with Crippen LogP contribution >= 0.6 is 23.2 Å². The average molecular weight is 348 g/mol. The lowest BCUT2D eigenvalue weighted by Crippen LogP contribution is -2.25. The van der Waals surface area contributed by atoms with Crippen LogP contribution in [0.5, 0.6) is 0 Å². The second-order valence-electron chi connectivity index (χ2n) is 4.90. The van der Waals surface area contributed by atoms with Crippen molar-refractivity contribution in [1.29, 1.82) is 0 Å². The summed E-state index contributed by atoms with van der Waals surface area (Å²) in [5.74, 6) is -0.471. The number of fused-ring (bicyclic) bond motifs is 1. The number of nitrogens with one attached hydrogen (secondary N) is 1. The minimum Gasteiger partial charge on any atom is -0.319 e. The van der Waals surface area contributed by atoms with Gasteiger partial charge in [-0.15, -0.1) is 0 Å². The molecule has 3 rings (SSSR count). The molecule has 7 heteroatoms. The molecule has 3 aromatic rings. The van der Waals surface area contributed by atoms with Gasteiger partial charge in [0, 0.05) is 17.5 Å². The molecule has 0 unspecified atom stereocenters. The van der Waals surface area contributed by atoms with Gasteiger partial charge in [0.05, 0.1) is 16.1 Å². The lowest BCUT2D eigenvalue weighted by Gasteiger charge is -2.10. The number of halogens is 2. The van der Waals surface area contributed by atoms with Gasteiger partial charge in [0.1, 0.15) is 0 Å². The van der Waals surface area contributed by atoms with Crippen molar-refractivity contribution in [1.82, 2.24) is 9.78 Å². The molecule has 0 spiro atoms. The fourth-order valence-electron chi connectivity index (χ4n) is 2.24. The first-order chi connectivity index (χ1) is 11.0. The van der Waals surface area contributed by atoms with Crippen molar-refractivity contribution in [2.75, 3.05) is 5.32 Å². The number of hydrogen-bond acceptors (Lipinski definition) is 3. The molecule has 1 aromatic heterocycles.